The van der Waals surface area contributed by atoms with Crippen molar-refractivity contribution in [3.05, 3.63) is 23.8 Å². The highest BCUT2D eigenvalue weighted by Gasteiger charge is 2.10. The fourth-order valence-corrected chi connectivity index (χ4v) is 1.86. The number of nitrogens with zero attached hydrogens (tertiary/aromatic N) is 1. The first-order valence-corrected chi connectivity index (χ1v) is 6.95. The predicted molar refractivity (Wildman–Crippen MR) is 82.4 cm³/mol. The van der Waals surface area contributed by atoms with Crippen LogP contribution >= 0.6 is 0 Å². The van der Waals surface area contributed by atoms with E-state index in [1.807, 2.05) is 0 Å². The third-order valence-corrected chi connectivity index (χ3v) is 2.92. The topological polar surface area (TPSA) is 126 Å². The number of aromatic amines is 1. The Morgan fingerprint density at radius 1 is 1.35 bits per heavy atom. The van der Waals surface area contributed by atoms with Gasteiger partial charge in [-0.2, -0.15) is 0 Å². The van der Waals surface area contributed by atoms with E-state index in [-0.39, 0.29) is 25.1 Å². The number of aromatic nitrogens is 2. The minimum atomic E-state index is -0.634. The Morgan fingerprint density at radius 3 is 2.91 bits per heavy atom. The number of aliphatic hydroxyl groups is 1. The van der Waals surface area contributed by atoms with Crippen molar-refractivity contribution in [3.8, 4) is 0 Å². The van der Waals surface area contributed by atoms with E-state index in [0.717, 1.165) is 0 Å². The number of fused-ring (bicyclic) bond motifs is 1. The Hall–Kier alpha value is -2.65. The van der Waals surface area contributed by atoms with Gasteiger partial charge in [0.05, 0.1) is 38.0 Å². The molecule has 0 atom stereocenters. The molecule has 1 aromatic heterocycles. The molecule has 2 aromatic rings. The minimum Gasteiger partial charge on any atom is -0.453 e. The molecule has 0 aliphatic rings. The maximum atomic E-state index is 12.0. The summed E-state index contributed by atoms with van der Waals surface area (Å²) in [6, 6.07) is 4.94. The van der Waals surface area contributed by atoms with Gasteiger partial charge in [-0.05, 0) is 18.2 Å². The molecule has 1 aromatic carbocycles. The van der Waals surface area contributed by atoms with Crippen LogP contribution in [0.1, 0.15) is 10.4 Å². The Bertz CT molecular complexity index is 685. The number of anilines is 1. The summed E-state index contributed by atoms with van der Waals surface area (Å²) in [5.41, 5.74) is 1.67. The van der Waals surface area contributed by atoms with Gasteiger partial charge in [0.15, 0.2) is 0 Å². The van der Waals surface area contributed by atoms with Crippen LogP contribution in [0.3, 0.4) is 0 Å². The number of amides is 2. The van der Waals surface area contributed by atoms with Crippen LogP contribution in [-0.4, -0.2) is 60.6 Å². The zero-order chi connectivity index (χ0) is 16.7. The van der Waals surface area contributed by atoms with Gasteiger partial charge in [0, 0.05) is 12.1 Å². The standard InChI is InChI=1S/C14H18N4O5/c1-22-14(21)18-13-16-10-3-2-9(8-11(10)17-13)12(20)15-4-6-23-7-5-19/h2-3,8,19H,4-7H2,1H3,(H,15,20)(H2,16,17,18,21). The lowest BCUT2D eigenvalue weighted by Crippen LogP contribution is -2.27. The molecule has 0 saturated carbocycles. The predicted octanol–water partition coefficient (Wildman–Crippen LogP) is 0.480. The highest BCUT2D eigenvalue weighted by atomic mass is 16.5. The number of carbonyl (C=O) groups is 2. The Balaban J connectivity index is 1.98. The maximum absolute atomic E-state index is 12.0. The average molecular weight is 322 g/mol. The van der Waals surface area contributed by atoms with Crippen molar-refractivity contribution >= 4 is 29.0 Å². The summed E-state index contributed by atoms with van der Waals surface area (Å²) in [6.07, 6.45) is -0.634. The molecule has 0 fully saturated rings. The quantitative estimate of drug-likeness (QED) is 0.549. The van der Waals surface area contributed by atoms with Crippen LogP contribution in [0.25, 0.3) is 11.0 Å². The fraction of sp³-hybridized carbons (Fsp3) is 0.357. The lowest BCUT2D eigenvalue weighted by atomic mass is 10.2. The molecule has 124 valence electrons. The van der Waals surface area contributed by atoms with E-state index in [1.54, 1.807) is 18.2 Å². The summed E-state index contributed by atoms with van der Waals surface area (Å²) in [4.78, 5) is 30.2. The number of H-pyrrole nitrogens is 1. The molecule has 0 radical (unpaired) electrons. The number of methoxy groups -OCH3 is 1. The number of hydrogen-bond acceptors (Lipinski definition) is 6. The second-order valence-electron chi connectivity index (χ2n) is 4.53. The van der Waals surface area contributed by atoms with Gasteiger partial charge >= 0.3 is 6.09 Å². The summed E-state index contributed by atoms with van der Waals surface area (Å²) < 4.78 is 9.54. The molecular formula is C14H18N4O5. The Morgan fingerprint density at radius 2 is 2.17 bits per heavy atom. The molecule has 23 heavy (non-hydrogen) atoms. The van der Waals surface area contributed by atoms with E-state index in [4.69, 9.17) is 9.84 Å². The first-order valence-electron chi connectivity index (χ1n) is 6.95. The molecule has 2 amide bonds. The van der Waals surface area contributed by atoms with Gasteiger partial charge in [0.2, 0.25) is 5.95 Å². The summed E-state index contributed by atoms with van der Waals surface area (Å²) in [5, 5.41) is 13.7. The van der Waals surface area contributed by atoms with Crippen LogP contribution in [0.15, 0.2) is 18.2 Å². The SMILES string of the molecule is COC(=O)Nc1nc2ccc(C(=O)NCCOCCO)cc2[nH]1. The smallest absolute Gasteiger partial charge is 0.413 e. The number of carbonyl (C=O) groups excluding carboxylic acids is 2. The lowest BCUT2D eigenvalue weighted by Gasteiger charge is -2.05. The number of rotatable bonds is 7. The number of benzene rings is 1. The first kappa shape index (κ1) is 16.7. The number of ether oxygens (including phenoxy) is 2. The molecule has 9 heteroatoms. The van der Waals surface area contributed by atoms with Crippen molar-refractivity contribution in [1.82, 2.24) is 15.3 Å². The van der Waals surface area contributed by atoms with Gasteiger partial charge in [-0.1, -0.05) is 0 Å². The van der Waals surface area contributed by atoms with Crippen molar-refractivity contribution in [1.29, 1.82) is 0 Å². The maximum Gasteiger partial charge on any atom is 0.413 e. The molecule has 2 rings (SSSR count). The number of hydrogen-bond donors (Lipinski definition) is 4. The molecule has 1 heterocycles. The van der Waals surface area contributed by atoms with E-state index >= 15 is 0 Å². The van der Waals surface area contributed by atoms with Gasteiger partial charge < -0.3 is 24.9 Å². The van der Waals surface area contributed by atoms with Gasteiger partial charge in [0.1, 0.15) is 0 Å². The summed E-state index contributed by atoms with van der Waals surface area (Å²) >= 11 is 0. The molecule has 0 unspecified atom stereocenters. The molecule has 0 bridgehead atoms. The van der Waals surface area contributed by atoms with E-state index in [9.17, 15) is 9.59 Å². The highest BCUT2D eigenvalue weighted by Crippen LogP contribution is 2.16. The monoisotopic (exact) mass is 322 g/mol. The molecule has 0 spiro atoms. The Labute approximate surface area is 132 Å². The fourth-order valence-electron chi connectivity index (χ4n) is 1.86. The summed E-state index contributed by atoms with van der Waals surface area (Å²) in [6.45, 7) is 0.860. The highest BCUT2D eigenvalue weighted by molar-refractivity contribution is 5.97. The van der Waals surface area contributed by atoms with E-state index < -0.39 is 6.09 Å². The van der Waals surface area contributed by atoms with Gasteiger partial charge in [-0.15, -0.1) is 0 Å². The van der Waals surface area contributed by atoms with Crippen LogP contribution in [0.4, 0.5) is 10.7 Å². The van der Waals surface area contributed by atoms with E-state index in [1.165, 1.54) is 7.11 Å². The van der Waals surface area contributed by atoms with Crippen LogP contribution in [0.2, 0.25) is 0 Å². The second kappa shape index (κ2) is 8.11. The number of nitrogens with one attached hydrogen (secondary N) is 3. The average Bonchev–Trinajstić information content (AvgIpc) is 2.95. The molecule has 4 N–H and O–H groups in total. The molecule has 9 nitrogen and oxygen atoms in total. The molecule has 0 aliphatic carbocycles. The minimum absolute atomic E-state index is 0.0492. The third-order valence-electron chi connectivity index (χ3n) is 2.92. The second-order valence-corrected chi connectivity index (χ2v) is 4.53. The van der Waals surface area contributed by atoms with Crippen LogP contribution in [-0.2, 0) is 9.47 Å². The van der Waals surface area contributed by atoms with Crippen molar-refractivity contribution < 1.29 is 24.2 Å². The largest absolute Gasteiger partial charge is 0.453 e. The van der Waals surface area contributed by atoms with Crippen molar-refractivity contribution in [3.63, 3.8) is 0 Å². The Kier molecular flexibility index (Phi) is 5.89. The van der Waals surface area contributed by atoms with E-state index in [0.29, 0.717) is 29.7 Å². The van der Waals surface area contributed by atoms with E-state index in [2.05, 4.69) is 25.3 Å². The summed E-state index contributed by atoms with van der Waals surface area (Å²) in [5.74, 6) is -0.0154. The van der Waals surface area contributed by atoms with Crippen molar-refractivity contribution in [2.75, 3.05) is 38.8 Å². The van der Waals surface area contributed by atoms with Gasteiger partial charge in [-0.25, -0.2) is 9.78 Å². The van der Waals surface area contributed by atoms with Crippen molar-refractivity contribution in [2.24, 2.45) is 0 Å². The third kappa shape index (κ3) is 4.66. The van der Waals surface area contributed by atoms with Gasteiger partial charge in [-0.3, -0.25) is 10.1 Å². The molecule has 0 saturated heterocycles. The number of aliphatic hydroxyl groups excluding tert-OH is 1. The van der Waals surface area contributed by atoms with Gasteiger partial charge in [0.25, 0.3) is 5.91 Å². The number of imidazole rings is 1. The van der Waals surface area contributed by atoms with Crippen molar-refractivity contribution in [2.45, 2.75) is 0 Å². The zero-order valence-electron chi connectivity index (χ0n) is 12.6. The molecular weight excluding hydrogens is 304 g/mol. The lowest BCUT2D eigenvalue weighted by molar-refractivity contribution is 0.0838. The first-order chi connectivity index (χ1) is 11.1. The normalized spacial score (nSPS) is 10.5. The van der Waals surface area contributed by atoms with Crippen LogP contribution in [0, 0.1) is 0 Å². The zero-order valence-corrected chi connectivity index (χ0v) is 12.6. The molecule has 0 aliphatic heterocycles. The van der Waals surface area contributed by atoms with Crippen LogP contribution in [0.5, 0.6) is 0 Å². The van der Waals surface area contributed by atoms with Crippen LogP contribution < -0.4 is 10.6 Å². The summed E-state index contributed by atoms with van der Waals surface area (Å²) in [7, 11) is 1.25.